The predicted octanol–water partition coefficient (Wildman–Crippen LogP) is 3.61. The van der Waals surface area contributed by atoms with Crippen molar-refractivity contribution in [2.45, 2.75) is 51.5 Å². The standard InChI is InChI=1S/C30H39N7O3/c1-22(38)32-16-19-37(17-6-5-11-25-13-12-24-10-7-15-33-29(24)34-25)18-14-26(30(39)40)35-28-21-31-20-27(36-28)23-8-3-2-4-9-23/h2-4,8-9,12-13,20-21,26H,5-7,10-11,14-19H2,1H3,(H,32,38)(H,33,34)(H,35,36)(H,39,40). The van der Waals surface area contributed by atoms with Crippen LogP contribution in [0.3, 0.4) is 0 Å². The summed E-state index contributed by atoms with van der Waals surface area (Å²) in [5, 5.41) is 19.2. The molecular formula is C30H39N7O3. The van der Waals surface area contributed by atoms with Gasteiger partial charge in [0.05, 0.1) is 18.1 Å². The molecule has 0 radical (unpaired) electrons. The first-order valence-corrected chi connectivity index (χ1v) is 14.0. The maximum absolute atomic E-state index is 12.1. The molecule has 4 rings (SSSR count). The second kappa shape index (κ2) is 14.9. The molecule has 4 N–H and O–H groups in total. The van der Waals surface area contributed by atoms with Gasteiger partial charge < -0.3 is 26.0 Å². The number of carboxylic acid groups (broad SMARTS) is 1. The zero-order valence-electron chi connectivity index (χ0n) is 23.1. The average Bonchev–Trinajstić information content (AvgIpc) is 2.97. The molecule has 3 aromatic rings. The van der Waals surface area contributed by atoms with Crippen molar-refractivity contribution in [2.75, 3.05) is 43.4 Å². The van der Waals surface area contributed by atoms with E-state index in [9.17, 15) is 14.7 Å². The summed E-state index contributed by atoms with van der Waals surface area (Å²) in [6, 6.07) is 13.1. The quantitative estimate of drug-likeness (QED) is 0.211. The van der Waals surface area contributed by atoms with Crippen molar-refractivity contribution in [1.29, 1.82) is 0 Å². The van der Waals surface area contributed by atoms with E-state index in [-0.39, 0.29) is 5.91 Å². The Morgan fingerprint density at radius 1 is 1.05 bits per heavy atom. The number of aryl methyl sites for hydroxylation is 2. The predicted molar refractivity (Wildman–Crippen MR) is 156 cm³/mol. The molecule has 1 unspecified atom stereocenters. The number of rotatable bonds is 15. The molecule has 1 aliphatic rings. The Labute approximate surface area is 235 Å². The number of carboxylic acids is 1. The van der Waals surface area contributed by atoms with Gasteiger partial charge in [-0.15, -0.1) is 0 Å². The molecular weight excluding hydrogens is 506 g/mol. The second-order valence-corrected chi connectivity index (χ2v) is 10.1. The number of aliphatic carboxylic acids is 1. The van der Waals surface area contributed by atoms with E-state index >= 15 is 0 Å². The van der Waals surface area contributed by atoms with Crippen molar-refractivity contribution >= 4 is 23.5 Å². The van der Waals surface area contributed by atoms with Gasteiger partial charge in [-0.3, -0.25) is 9.78 Å². The number of hydrogen-bond donors (Lipinski definition) is 4. The lowest BCUT2D eigenvalue weighted by atomic mass is 10.1. The monoisotopic (exact) mass is 545 g/mol. The number of anilines is 2. The molecule has 1 aromatic carbocycles. The van der Waals surface area contributed by atoms with Gasteiger partial charge in [0.2, 0.25) is 5.91 Å². The minimum Gasteiger partial charge on any atom is -0.480 e. The number of nitrogens with one attached hydrogen (secondary N) is 3. The fraction of sp³-hybridized carbons (Fsp3) is 0.433. The first-order valence-electron chi connectivity index (χ1n) is 14.0. The highest BCUT2D eigenvalue weighted by molar-refractivity contribution is 5.77. The van der Waals surface area contributed by atoms with Gasteiger partial charge in [0.25, 0.3) is 0 Å². The molecule has 0 spiro atoms. The van der Waals surface area contributed by atoms with Crippen molar-refractivity contribution in [1.82, 2.24) is 25.2 Å². The number of carbonyl (C=O) groups excluding carboxylic acids is 1. The molecule has 0 saturated carbocycles. The number of nitrogens with zero attached hydrogens (tertiary/aromatic N) is 4. The summed E-state index contributed by atoms with van der Waals surface area (Å²) in [7, 11) is 0. The second-order valence-electron chi connectivity index (χ2n) is 10.1. The van der Waals surface area contributed by atoms with Crippen LogP contribution in [0.5, 0.6) is 0 Å². The van der Waals surface area contributed by atoms with Gasteiger partial charge in [0, 0.05) is 44.4 Å². The number of unbranched alkanes of at least 4 members (excludes halogenated alkanes) is 1. The summed E-state index contributed by atoms with van der Waals surface area (Å²) in [6.07, 6.45) is 8.63. The van der Waals surface area contributed by atoms with Gasteiger partial charge >= 0.3 is 5.97 Å². The molecule has 0 fully saturated rings. The van der Waals surface area contributed by atoms with Crippen LogP contribution in [0.4, 0.5) is 11.6 Å². The van der Waals surface area contributed by atoms with Crippen LogP contribution >= 0.6 is 0 Å². The molecule has 1 aliphatic heterocycles. The molecule has 40 heavy (non-hydrogen) atoms. The summed E-state index contributed by atoms with van der Waals surface area (Å²) in [5.41, 5.74) is 3.97. The van der Waals surface area contributed by atoms with Crippen LogP contribution in [0.25, 0.3) is 11.3 Å². The minimum atomic E-state index is -0.944. The van der Waals surface area contributed by atoms with Crippen LogP contribution in [0.15, 0.2) is 54.9 Å². The first kappa shape index (κ1) is 28.9. The van der Waals surface area contributed by atoms with E-state index in [1.807, 2.05) is 30.3 Å². The lowest BCUT2D eigenvalue weighted by Gasteiger charge is -2.24. The maximum atomic E-state index is 12.1. The molecule has 10 heteroatoms. The maximum Gasteiger partial charge on any atom is 0.326 e. The lowest BCUT2D eigenvalue weighted by molar-refractivity contribution is -0.138. The van der Waals surface area contributed by atoms with Crippen LogP contribution < -0.4 is 16.0 Å². The third-order valence-corrected chi connectivity index (χ3v) is 6.97. The Morgan fingerprint density at radius 2 is 1.90 bits per heavy atom. The Bertz CT molecular complexity index is 1260. The third-order valence-electron chi connectivity index (χ3n) is 6.97. The zero-order chi connectivity index (χ0) is 28.2. The summed E-state index contributed by atoms with van der Waals surface area (Å²) in [5.74, 6) is 0.423. The van der Waals surface area contributed by atoms with Crippen LogP contribution in [0.2, 0.25) is 0 Å². The number of hydrogen-bond acceptors (Lipinski definition) is 8. The summed E-state index contributed by atoms with van der Waals surface area (Å²) >= 11 is 0. The highest BCUT2D eigenvalue weighted by Gasteiger charge is 2.20. The summed E-state index contributed by atoms with van der Waals surface area (Å²) in [6.45, 7) is 5.01. The molecule has 212 valence electrons. The van der Waals surface area contributed by atoms with Crippen molar-refractivity contribution < 1.29 is 14.7 Å². The van der Waals surface area contributed by atoms with Crippen LogP contribution in [0.1, 0.15) is 43.9 Å². The molecule has 10 nitrogen and oxygen atoms in total. The zero-order valence-corrected chi connectivity index (χ0v) is 23.1. The van der Waals surface area contributed by atoms with Gasteiger partial charge in [0.15, 0.2) is 0 Å². The molecule has 1 atom stereocenters. The third kappa shape index (κ3) is 9.01. The highest BCUT2D eigenvalue weighted by atomic mass is 16.4. The molecule has 0 bridgehead atoms. The van der Waals surface area contributed by atoms with Gasteiger partial charge in [-0.2, -0.15) is 0 Å². The lowest BCUT2D eigenvalue weighted by Crippen LogP contribution is -2.39. The SMILES string of the molecule is CC(=O)NCCN(CCCCc1ccc2c(n1)NCCC2)CCC(Nc1cncc(-c2ccccc2)n1)C(=O)O. The van der Waals surface area contributed by atoms with E-state index in [1.54, 1.807) is 12.4 Å². The normalized spacial score (nSPS) is 13.2. The van der Waals surface area contributed by atoms with E-state index in [1.165, 1.54) is 12.5 Å². The van der Waals surface area contributed by atoms with E-state index in [4.69, 9.17) is 4.98 Å². The van der Waals surface area contributed by atoms with Crippen molar-refractivity contribution in [2.24, 2.45) is 0 Å². The van der Waals surface area contributed by atoms with Crippen molar-refractivity contribution in [3.63, 3.8) is 0 Å². The van der Waals surface area contributed by atoms with Gasteiger partial charge in [0.1, 0.15) is 17.7 Å². The highest BCUT2D eigenvalue weighted by Crippen LogP contribution is 2.21. The Hall–Kier alpha value is -4.05. The Morgan fingerprint density at radius 3 is 2.70 bits per heavy atom. The summed E-state index contributed by atoms with van der Waals surface area (Å²) < 4.78 is 0. The van der Waals surface area contributed by atoms with Gasteiger partial charge in [-0.05, 0) is 56.7 Å². The van der Waals surface area contributed by atoms with Gasteiger partial charge in [-0.1, -0.05) is 36.4 Å². The van der Waals surface area contributed by atoms with Crippen LogP contribution in [0, 0.1) is 0 Å². The molecule has 1 amide bonds. The molecule has 0 saturated heterocycles. The smallest absolute Gasteiger partial charge is 0.326 e. The molecule has 2 aromatic heterocycles. The van der Waals surface area contributed by atoms with Crippen LogP contribution in [-0.2, 0) is 22.4 Å². The number of aromatic nitrogens is 3. The van der Waals surface area contributed by atoms with E-state index in [2.05, 4.69) is 43.0 Å². The number of amides is 1. The van der Waals surface area contributed by atoms with Gasteiger partial charge in [-0.25, -0.2) is 14.8 Å². The Balaban J connectivity index is 1.30. The first-order chi connectivity index (χ1) is 19.5. The van der Waals surface area contributed by atoms with Crippen LogP contribution in [-0.4, -0.2) is 75.6 Å². The Kier molecular flexibility index (Phi) is 10.8. The number of pyridine rings is 1. The number of fused-ring (bicyclic) bond motifs is 1. The fourth-order valence-corrected chi connectivity index (χ4v) is 4.81. The van der Waals surface area contributed by atoms with E-state index in [0.717, 1.165) is 62.3 Å². The van der Waals surface area contributed by atoms with E-state index in [0.29, 0.717) is 37.6 Å². The minimum absolute atomic E-state index is 0.0750. The van der Waals surface area contributed by atoms with Crippen molar-refractivity contribution in [3.05, 3.63) is 66.1 Å². The number of carbonyl (C=O) groups is 2. The van der Waals surface area contributed by atoms with E-state index < -0.39 is 12.0 Å². The topological polar surface area (TPSA) is 132 Å². The largest absolute Gasteiger partial charge is 0.480 e. The number of benzene rings is 1. The molecule has 0 aliphatic carbocycles. The molecule has 3 heterocycles. The average molecular weight is 546 g/mol. The summed E-state index contributed by atoms with van der Waals surface area (Å²) in [4.78, 5) is 39.3. The fourth-order valence-electron chi connectivity index (χ4n) is 4.81. The van der Waals surface area contributed by atoms with Crippen molar-refractivity contribution in [3.8, 4) is 11.3 Å².